The molecule has 0 saturated heterocycles. The van der Waals surface area contributed by atoms with Crippen molar-refractivity contribution in [2.24, 2.45) is 0 Å². The highest BCUT2D eigenvalue weighted by molar-refractivity contribution is 5.72. The first-order valence-electron chi connectivity index (χ1n) is 4.96. The van der Waals surface area contributed by atoms with E-state index < -0.39 is 17.9 Å². The van der Waals surface area contributed by atoms with Crippen LogP contribution in [0.15, 0.2) is 24.3 Å². The monoisotopic (exact) mass is 233 g/mol. The number of aliphatic carboxylic acids is 2. The standard InChI is InChI=1S/C12H11NO4/c13-7-8-2-1-3-9(4-8)10(5-11(14)15)6-12(16)17/h1-4,10H,5-6H2,(H,14,15)(H,16,17). The van der Waals surface area contributed by atoms with Crippen LogP contribution in [0.3, 0.4) is 0 Å². The SMILES string of the molecule is N#Cc1cccc(C(CC(=O)O)CC(=O)O)c1. The van der Waals surface area contributed by atoms with Crippen molar-refractivity contribution in [3.8, 4) is 6.07 Å². The molecule has 0 unspecified atom stereocenters. The van der Waals surface area contributed by atoms with Crippen molar-refractivity contribution in [3.05, 3.63) is 35.4 Å². The molecular weight excluding hydrogens is 222 g/mol. The lowest BCUT2D eigenvalue weighted by molar-refractivity contribution is -0.139. The molecule has 88 valence electrons. The molecule has 0 aliphatic rings. The minimum Gasteiger partial charge on any atom is -0.481 e. The largest absolute Gasteiger partial charge is 0.481 e. The maximum Gasteiger partial charge on any atom is 0.303 e. The summed E-state index contributed by atoms with van der Waals surface area (Å²) in [5.41, 5.74) is 0.956. The zero-order valence-corrected chi connectivity index (χ0v) is 8.96. The summed E-state index contributed by atoms with van der Waals surface area (Å²) in [5.74, 6) is -2.73. The third-order valence-electron chi connectivity index (χ3n) is 2.33. The molecule has 0 radical (unpaired) electrons. The van der Waals surface area contributed by atoms with Crippen LogP contribution in [0.1, 0.15) is 29.9 Å². The van der Waals surface area contributed by atoms with Crippen molar-refractivity contribution < 1.29 is 19.8 Å². The van der Waals surface area contributed by atoms with E-state index >= 15 is 0 Å². The lowest BCUT2D eigenvalue weighted by atomic mass is 9.91. The molecule has 0 aliphatic carbocycles. The molecule has 5 nitrogen and oxygen atoms in total. The topological polar surface area (TPSA) is 98.4 Å². The summed E-state index contributed by atoms with van der Waals surface area (Å²) in [6.07, 6.45) is -0.525. The van der Waals surface area contributed by atoms with E-state index in [1.807, 2.05) is 6.07 Å². The second-order valence-corrected chi connectivity index (χ2v) is 3.63. The molecule has 0 atom stereocenters. The van der Waals surface area contributed by atoms with Gasteiger partial charge in [-0.2, -0.15) is 5.26 Å². The number of nitrogens with zero attached hydrogens (tertiary/aromatic N) is 1. The van der Waals surface area contributed by atoms with Gasteiger partial charge in [0.15, 0.2) is 0 Å². The van der Waals surface area contributed by atoms with Gasteiger partial charge in [-0.3, -0.25) is 9.59 Å². The summed E-state index contributed by atoms with van der Waals surface area (Å²) in [5, 5.41) is 26.2. The lowest BCUT2D eigenvalue weighted by Crippen LogP contribution is -2.11. The number of carboxylic acid groups (broad SMARTS) is 2. The van der Waals surface area contributed by atoms with Gasteiger partial charge in [0, 0.05) is 5.92 Å². The van der Waals surface area contributed by atoms with Crippen LogP contribution in [0.5, 0.6) is 0 Å². The fourth-order valence-electron chi connectivity index (χ4n) is 1.59. The van der Waals surface area contributed by atoms with Crippen LogP contribution in [0, 0.1) is 11.3 Å². The van der Waals surface area contributed by atoms with Crippen molar-refractivity contribution in [1.82, 2.24) is 0 Å². The minimum absolute atomic E-state index is 0.263. The maximum absolute atomic E-state index is 10.7. The zero-order chi connectivity index (χ0) is 12.8. The summed E-state index contributed by atoms with van der Waals surface area (Å²) in [4.78, 5) is 21.3. The van der Waals surface area contributed by atoms with Gasteiger partial charge in [-0.1, -0.05) is 12.1 Å². The number of hydrogen-bond donors (Lipinski definition) is 2. The second-order valence-electron chi connectivity index (χ2n) is 3.63. The molecule has 0 spiro atoms. The maximum atomic E-state index is 10.7. The molecule has 0 fully saturated rings. The molecule has 1 aromatic carbocycles. The Labute approximate surface area is 97.9 Å². The van der Waals surface area contributed by atoms with Gasteiger partial charge in [0.2, 0.25) is 0 Å². The van der Waals surface area contributed by atoms with E-state index in [2.05, 4.69) is 0 Å². The summed E-state index contributed by atoms with van der Waals surface area (Å²) < 4.78 is 0. The number of rotatable bonds is 5. The van der Waals surface area contributed by atoms with Crippen LogP contribution in [0.4, 0.5) is 0 Å². The van der Waals surface area contributed by atoms with Crippen LogP contribution in [0.2, 0.25) is 0 Å². The first kappa shape index (κ1) is 12.7. The van der Waals surface area contributed by atoms with Crippen molar-refractivity contribution in [2.45, 2.75) is 18.8 Å². The first-order valence-corrected chi connectivity index (χ1v) is 4.96. The van der Waals surface area contributed by atoms with Gasteiger partial charge in [-0.15, -0.1) is 0 Å². The van der Waals surface area contributed by atoms with Crippen molar-refractivity contribution in [3.63, 3.8) is 0 Å². The van der Waals surface area contributed by atoms with Crippen molar-refractivity contribution >= 4 is 11.9 Å². The van der Waals surface area contributed by atoms with E-state index in [-0.39, 0.29) is 12.8 Å². The highest BCUT2D eigenvalue weighted by atomic mass is 16.4. The van der Waals surface area contributed by atoms with E-state index in [9.17, 15) is 9.59 Å². The summed E-state index contributed by atoms with van der Waals surface area (Å²) in [6.45, 7) is 0. The Kier molecular flexibility index (Phi) is 4.23. The number of carboxylic acids is 2. The Morgan fingerprint density at radius 2 is 1.82 bits per heavy atom. The second kappa shape index (κ2) is 5.66. The quantitative estimate of drug-likeness (QED) is 0.804. The molecule has 0 aromatic heterocycles. The summed E-state index contributed by atoms with van der Waals surface area (Å²) in [6, 6.07) is 8.30. The molecule has 0 aliphatic heterocycles. The predicted molar refractivity (Wildman–Crippen MR) is 58.4 cm³/mol. The predicted octanol–water partition coefficient (Wildman–Crippen LogP) is 1.59. The van der Waals surface area contributed by atoms with E-state index in [4.69, 9.17) is 15.5 Å². The molecule has 0 bridgehead atoms. The molecule has 5 heteroatoms. The van der Waals surface area contributed by atoms with Crippen LogP contribution >= 0.6 is 0 Å². The van der Waals surface area contributed by atoms with Crippen LogP contribution in [0.25, 0.3) is 0 Å². The van der Waals surface area contributed by atoms with Crippen molar-refractivity contribution in [2.75, 3.05) is 0 Å². The highest BCUT2D eigenvalue weighted by Crippen LogP contribution is 2.24. The number of carbonyl (C=O) groups is 2. The normalized spacial score (nSPS) is 9.88. The van der Waals surface area contributed by atoms with Gasteiger partial charge in [0.05, 0.1) is 24.5 Å². The molecule has 0 amide bonds. The fourth-order valence-corrected chi connectivity index (χ4v) is 1.59. The van der Waals surface area contributed by atoms with Crippen LogP contribution < -0.4 is 0 Å². The average Bonchev–Trinajstić information content (AvgIpc) is 2.27. The summed E-state index contributed by atoms with van der Waals surface area (Å²) in [7, 11) is 0. The highest BCUT2D eigenvalue weighted by Gasteiger charge is 2.19. The Morgan fingerprint density at radius 1 is 1.24 bits per heavy atom. The Bertz CT molecular complexity index is 460. The van der Waals surface area contributed by atoms with E-state index in [1.54, 1.807) is 18.2 Å². The molecule has 1 rings (SSSR count). The van der Waals surface area contributed by atoms with Gasteiger partial charge in [0.1, 0.15) is 0 Å². The third-order valence-corrected chi connectivity index (χ3v) is 2.33. The zero-order valence-electron chi connectivity index (χ0n) is 8.96. The molecule has 2 N–H and O–H groups in total. The lowest BCUT2D eigenvalue weighted by Gasteiger charge is -2.12. The first-order chi connectivity index (χ1) is 8.02. The molecule has 1 aromatic rings. The van der Waals surface area contributed by atoms with Crippen molar-refractivity contribution in [1.29, 1.82) is 5.26 Å². The number of benzene rings is 1. The van der Waals surface area contributed by atoms with Gasteiger partial charge in [-0.25, -0.2) is 0 Å². The van der Waals surface area contributed by atoms with E-state index in [1.165, 1.54) is 6.07 Å². The van der Waals surface area contributed by atoms with Gasteiger partial charge in [0.25, 0.3) is 0 Å². The van der Waals surface area contributed by atoms with Gasteiger partial charge < -0.3 is 10.2 Å². The van der Waals surface area contributed by atoms with E-state index in [0.29, 0.717) is 11.1 Å². The Hall–Kier alpha value is -2.35. The molecule has 0 saturated carbocycles. The fraction of sp³-hybridized carbons (Fsp3) is 0.250. The van der Waals surface area contributed by atoms with E-state index in [0.717, 1.165) is 0 Å². The minimum atomic E-state index is -1.06. The van der Waals surface area contributed by atoms with Crippen LogP contribution in [-0.4, -0.2) is 22.2 Å². The average molecular weight is 233 g/mol. The summed E-state index contributed by atoms with van der Waals surface area (Å²) >= 11 is 0. The molecule has 17 heavy (non-hydrogen) atoms. The van der Waals surface area contributed by atoms with Gasteiger partial charge in [-0.05, 0) is 17.7 Å². The van der Waals surface area contributed by atoms with Crippen LogP contribution in [-0.2, 0) is 9.59 Å². The number of hydrogen-bond acceptors (Lipinski definition) is 3. The Balaban J connectivity index is 2.99. The molecular formula is C12H11NO4. The third kappa shape index (κ3) is 3.95. The van der Waals surface area contributed by atoms with Gasteiger partial charge >= 0.3 is 11.9 Å². The smallest absolute Gasteiger partial charge is 0.303 e. The molecule has 0 heterocycles. The number of nitriles is 1. The Morgan fingerprint density at radius 3 is 2.29 bits per heavy atom.